The molecule has 0 spiro atoms. The van der Waals surface area contributed by atoms with Crippen LogP contribution >= 0.6 is 34.8 Å². The molecule has 1 aliphatic carbocycles. The van der Waals surface area contributed by atoms with Crippen LogP contribution in [0, 0.1) is 6.92 Å². The molecule has 22 aromatic rings. The summed E-state index contributed by atoms with van der Waals surface area (Å²) >= 11 is 19.0. The highest BCUT2D eigenvalue weighted by atomic mass is 35.5. The molecule has 0 saturated carbocycles. The van der Waals surface area contributed by atoms with Gasteiger partial charge < -0.3 is 9.13 Å². The third-order valence-corrected chi connectivity index (χ3v) is 22.1. The lowest BCUT2D eigenvalue weighted by Crippen LogP contribution is -2.03. The number of aryl methyl sites for hydroxylation is 1. The van der Waals surface area contributed by atoms with Gasteiger partial charge in [0.1, 0.15) is 0 Å². The Bertz CT molecular complexity index is 7430. The first kappa shape index (κ1) is 66.2. The van der Waals surface area contributed by atoms with Crippen molar-refractivity contribution in [2.45, 2.75) is 13.3 Å². The summed E-state index contributed by atoms with van der Waals surface area (Å²) in [6.07, 6.45) is 1.02. The third-order valence-electron chi connectivity index (χ3n) is 21.5. The fourth-order valence-electron chi connectivity index (χ4n) is 16.5. The van der Waals surface area contributed by atoms with Crippen molar-refractivity contribution in [3.8, 4) is 51.0 Å². The Morgan fingerprint density at radius 3 is 1.26 bits per heavy atom. The quantitative estimate of drug-likeness (QED) is 0.161. The average molecular weight is 1470 g/mol. The van der Waals surface area contributed by atoms with E-state index in [1.165, 1.54) is 98.1 Å². The smallest absolute Gasteiger partial charge is 0.235 e. The molecule has 7 nitrogen and oxygen atoms in total. The second-order valence-electron chi connectivity index (χ2n) is 28.1. The van der Waals surface area contributed by atoms with Gasteiger partial charge in [-0.05, 0) is 212 Å². The molecule has 1 aliphatic rings. The summed E-state index contributed by atoms with van der Waals surface area (Å²) in [4.78, 5) is 19.7. The monoisotopic (exact) mass is 1470 g/mol. The maximum absolute atomic E-state index is 6.60. The van der Waals surface area contributed by atoms with Crippen LogP contribution in [0.3, 0.4) is 0 Å². The van der Waals surface area contributed by atoms with Gasteiger partial charge in [0.05, 0.1) is 55.5 Å². The highest BCUT2D eigenvalue weighted by Crippen LogP contribution is 2.45. The molecule has 0 fully saturated rings. The number of para-hydroxylation sites is 4. The number of rotatable bonds is 5. The molecule has 0 unspecified atom stereocenters. The molecule has 0 amide bonds. The van der Waals surface area contributed by atoms with Crippen LogP contribution in [0.2, 0.25) is 15.3 Å². The number of nitrogens with zero attached hydrogens (tertiary/aromatic N) is 7. The number of benzene rings is 17. The Hall–Kier alpha value is -13.3. The molecule has 10 heteroatoms. The van der Waals surface area contributed by atoms with Crippen molar-refractivity contribution in [2.24, 2.45) is 0 Å². The van der Waals surface area contributed by atoms with E-state index in [0.29, 0.717) is 11.0 Å². The Kier molecular flexibility index (Phi) is 16.5. The third kappa shape index (κ3) is 11.7. The molecule has 110 heavy (non-hydrogen) atoms. The SMILES string of the molecule is Cc1ccccc1.Clc1ccc2c(c1)-c1cc3ccccc3cc1C2.Clc1ccc2c(c1)c1cc3ccccc3cc1n2-c1nc(-c2ccc3c(c2)c2c4ccccc4ccc2n3-c2ccccc2)c2ccccc2n1.Clc1nc(-c2ccc3c(c2)c2c4ccccc4ccc2n3-c2ccccc2)c2ccccc2n1. The normalized spacial score (nSPS) is 11.8. The minimum Gasteiger partial charge on any atom is -0.309 e. The highest BCUT2D eigenvalue weighted by Gasteiger charge is 2.24. The van der Waals surface area contributed by atoms with Crippen molar-refractivity contribution in [3.63, 3.8) is 0 Å². The van der Waals surface area contributed by atoms with Crippen LogP contribution in [0.15, 0.2) is 358 Å². The predicted octanol–water partition coefficient (Wildman–Crippen LogP) is 27.7. The van der Waals surface area contributed by atoms with Crippen LogP contribution in [0.4, 0.5) is 0 Å². The molecule has 0 bridgehead atoms. The Morgan fingerprint density at radius 1 is 0.264 bits per heavy atom. The fraction of sp³-hybridized carbons (Fsp3) is 0.0200. The minimum atomic E-state index is 0.256. The summed E-state index contributed by atoms with van der Waals surface area (Å²) in [5.74, 6) is 0.624. The molecule has 23 rings (SSSR count). The first-order chi connectivity index (χ1) is 54.2. The molecule has 520 valence electrons. The Morgan fingerprint density at radius 2 is 0.691 bits per heavy atom. The molecule has 0 atom stereocenters. The van der Waals surface area contributed by atoms with E-state index in [1.54, 1.807) is 0 Å². The Balaban J connectivity index is 0.000000114. The first-order valence-electron chi connectivity index (χ1n) is 36.9. The van der Waals surface area contributed by atoms with Crippen LogP contribution in [0.5, 0.6) is 0 Å². The zero-order valence-electron chi connectivity index (χ0n) is 59.5. The van der Waals surface area contributed by atoms with Crippen LogP contribution in [0.1, 0.15) is 16.7 Å². The zero-order valence-corrected chi connectivity index (χ0v) is 61.8. The average Bonchev–Trinajstić information content (AvgIpc) is 1.55. The van der Waals surface area contributed by atoms with Gasteiger partial charge in [0, 0.05) is 75.6 Å². The number of fused-ring (bicyclic) bond motifs is 20. The molecule has 5 aromatic heterocycles. The van der Waals surface area contributed by atoms with E-state index in [1.807, 2.05) is 66.7 Å². The lowest BCUT2D eigenvalue weighted by Gasteiger charge is -2.12. The van der Waals surface area contributed by atoms with Gasteiger partial charge in [0.2, 0.25) is 11.2 Å². The lowest BCUT2D eigenvalue weighted by molar-refractivity contribution is 1.01. The van der Waals surface area contributed by atoms with Crippen LogP contribution < -0.4 is 0 Å². The number of hydrogen-bond donors (Lipinski definition) is 0. The summed E-state index contributed by atoms with van der Waals surface area (Å²) in [6.45, 7) is 2.08. The first-order valence-corrected chi connectivity index (χ1v) is 38.0. The van der Waals surface area contributed by atoms with Gasteiger partial charge in [0.15, 0.2) is 0 Å². The maximum atomic E-state index is 6.60. The lowest BCUT2D eigenvalue weighted by atomic mass is 10.0. The number of aromatic nitrogens is 7. The second kappa shape index (κ2) is 27.5. The topological polar surface area (TPSA) is 66.3 Å². The Labute approximate surface area is 648 Å². The summed E-state index contributed by atoms with van der Waals surface area (Å²) < 4.78 is 6.90. The van der Waals surface area contributed by atoms with Crippen molar-refractivity contribution < 1.29 is 0 Å². The van der Waals surface area contributed by atoms with Crippen molar-refractivity contribution in [1.82, 2.24) is 33.6 Å². The standard InChI is InChI=1S/C46H27ClN4.C30H18ClN3.C17H11Cl.C7H8/c47-32-20-23-40-37(27-32)36-24-29-11-4-5-12-30(29)26-43(36)51(40)46-48-39-17-9-8-16-35(39)45(49-46)31-19-21-41-38(25-31)44-34-15-7-6-10-28(34)18-22-42(44)50(41)33-13-2-1-3-14-33;31-30-32-25-13-7-6-12-23(25)29(33-30)20-15-16-26-24(18-20)28-22-11-5-4-8-19(22)14-17-27(28)34(26)21-9-2-1-3-10-21;18-15-6-5-13-8-14-7-11-3-1-2-4-12(11)9-16(14)17(13)10-15;1-7-5-3-2-4-6-7/h1-27H;1-18H;1-7,9-10H,8H2;2-6H,1H3. The van der Waals surface area contributed by atoms with Gasteiger partial charge in [0.25, 0.3) is 0 Å². The van der Waals surface area contributed by atoms with Crippen LogP contribution in [-0.4, -0.2) is 33.6 Å². The van der Waals surface area contributed by atoms with Crippen molar-refractivity contribution in [3.05, 3.63) is 390 Å². The van der Waals surface area contributed by atoms with E-state index in [4.69, 9.17) is 44.8 Å². The number of halogens is 3. The molecule has 0 N–H and O–H groups in total. The number of hydrogen-bond acceptors (Lipinski definition) is 4. The summed E-state index contributed by atoms with van der Waals surface area (Å²) in [6, 6.07) is 126. The van der Waals surface area contributed by atoms with Gasteiger partial charge >= 0.3 is 0 Å². The van der Waals surface area contributed by atoms with E-state index >= 15 is 0 Å². The molecular weight excluding hydrogens is 1410 g/mol. The van der Waals surface area contributed by atoms with Crippen molar-refractivity contribution in [1.29, 1.82) is 0 Å². The van der Waals surface area contributed by atoms with E-state index in [-0.39, 0.29) is 5.28 Å². The van der Waals surface area contributed by atoms with E-state index in [0.717, 1.165) is 105 Å². The van der Waals surface area contributed by atoms with Gasteiger partial charge in [-0.2, -0.15) is 0 Å². The largest absolute Gasteiger partial charge is 0.309 e. The maximum Gasteiger partial charge on any atom is 0.235 e. The van der Waals surface area contributed by atoms with Gasteiger partial charge in [-0.25, -0.2) is 19.9 Å². The van der Waals surface area contributed by atoms with Crippen LogP contribution in [0.25, 0.3) is 181 Å². The highest BCUT2D eigenvalue weighted by molar-refractivity contribution is 6.32. The predicted molar refractivity (Wildman–Crippen MR) is 464 cm³/mol. The summed E-state index contributed by atoms with van der Waals surface area (Å²) in [5.41, 5.74) is 21.3. The summed E-state index contributed by atoms with van der Waals surface area (Å²) in [5, 5.41) is 20.7. The van der Waals surface area contributed by atoms with Gasteiger partial charge in [-0.3, -0.25) is 4.57 Å². The van der Waals surface area contributed by atoms with E-state index < -0.39 is 0 Å². The zero-order chi connectivity index (χ0) is 73.5. The molecule has 0 saturated heterocycles. The minimum absolute atomic E-state index is 0.256. The van der Waals surface area contributed by atoms with Gasteiger partial charge in [-0.15, -0.1) is 0 Å². The second-order valence-corrected chi connectivity index (χ2v) is 29.3. The van der Waals surface area contributed by atoms with E-state index in [2.05, 4.69) is 322 Å². The van der Waals surface area contributed by atoms with Crippen LogP contribution in [-0.2, 0) is 6.42 Å². The molecule has 17 aromatic carbocycles. The fourth-order valence-corrected chi connectivity index (χ4v) is 17.0. The molecule has 0 radical (unpaired) electrons. The van der Waals surface area contributed by atoms with Crippen molar-refractivity contribution in [2.75, 3.05) is 0 Å². The van der Waals surface area contributed by atoms with Crippen molar-refractivity contribution >= 4 is 165 Å². The van der Waals surface area contributed by atoms with E-state index in [9.17, 15) is 0 Å². The molecule has 0 aliphatic heterocycles. The summed E-state index contributed by atoms with van der Waals surface area (Å²) in [7, 11) is 0. The molecule has 5 heterocycles. The van der Waals surface area contributed by atoms with Gasteiger partial charge in [-0.1, -0.05) is 265 Å². The molecular formula is C100H64Cl3N7.